The van der Waals surface area contributed by atoms with Crippen LogP contribution in [0.5, 0.6) is 5.75 Å². The lowest BCUT2D eigenvalue weighted by atomic mass is 9.83. The van der Waals surface area contributed by atoms with Gasteiger partial charge in [0, 0.05) is 25.6 Å². The Morgan fingerprint density at radius 2 is 1.77 bits per heavy atom. The summed E-state index contributed by atoms with van der Waals surface area (Å²) >= 11 is 0. The van der Waals surface area contributed by atoms with Gasteiger partial charge in [-0.3, -0.25) is 4.79 Å². The predicted molar refractivity (Wildman–Crippen MR) is 138 cm³/mol. The molecule has 3 aromatic carbocycles. The number of hydrogen-bond donors (Lipinski definition) is 1. The van der Waals surface area contributed by atoms with E-state index in [4.69, 9.17) is 9.47 Å². The number of benzene rings is 3. The van der Waals surface area contributed by atoms with Gasteiger partial charge in [-0.2, -0.15) is 0 Å². The monoisotopic (exact) mass is 470 g/mol. The molecule has 1 amide bonds. The van der Waals surface area contributed by atoms with E-state index in [0.29, 0.717) is 26.3 Å². The summed E-state index contributed by atoms with van der Waals surface area (Å²) in [4.78, 5) is 16.0. The third-order valence-electron chi connectivity index (χ3n) is 7.13. The van der Waals surface area contributed by atoms with Crippen molar-refractivity contribution in [2.45, 2.75) is 25.3 Å². The van der Waals surface area contributed by atoms with Crippen molar-refractivity contribution in [2.75, 3.05) is 39.5 Å². The van der Waals surface area contributed by atoms with E-state index < -0.39 is 0 Å². The molecule has 5 nitrogen and oxygen atoms in total. The standard InChI is InChI=1S/C30H34N2O3/c1-2-17-35-24-14-12-22(13-15-24)25-10-6-7-11-26(25)27-19-31-20-28(27)30(33)32-16-18-34-21-29(32)23-8-4-3-5-9-23/h3-15,27-29,31H,2,16-21H2,1H3/t27-,28?,29+/m0/s1. The maximum atomic E-state index is 14.0. The fourth-order valence-corrected chi connectivity index (χ4v) is 5.33. The molecule has 3 aromatic rings. The van der Waals surface area contributed by atoms with Crippen molar-refractivity contribution < 1.29 is 14.3 Å². The summed E-state index contributed by atoms with van der Waals surface area (Å²) in [6.07, 6.45) is 0.989. The van der Waals surface area contributed by atoms with Gasteiger partial charge in [0.05, 0.1) is 31.8 Å². The maximum absolute atomic E-state index is 14.0. The van der Waals surface area contributed by atoms with Crippen LogP contribution < -0.4 is 10.1 Å². The van der Waals surface area contributed by atoms with Gasteiger partial charge in [-0.15, -0.1) is 0 Å². The van der Waals surface area contributed by atoms with Gasteiger partial charge >= 0.3 is 0 Å². The molecule has 2 aliphatic rings. The fourth-order valence-electron chi connectivity index (χ4n) is 5.33. The van der Waals surface area contributed by atoms with Crippen LogP contribution in [-0.2, 0) is 9.53 Å². The van der Waals surface area contributed by atoms with Crippen molar-refractivity contribution in [3.63, 3.8) is 0 Å². The zero-order valence-corrected chi connectivity index (χ0v) is 20.4. The second-order valence-electron chi connectivity index (χ2n) is 9.36. The maximum Gasteiger partial charge on any atom is 0.228 e. The quantitative estimate of drug-likeness (QED) is 0.525. The van der Waals surface area contributed by atoms with E-state index in [-0.39, 0.29) is 23.8 Å². The molecule has 0 bridgehead atoms. The molecule has 3 atom stereocenters. The summed E-state index contributed by atoms with van der Waals surface area (Å²) in [5, 5.41) is 3.51. The molecule has 0 aliphatic carbocycles. The van der Waals surface area contributed by atoms with Crippen LogP contribution in [0.2, 0.25) is 0 Å². The predicted octanol–water partition coefficient (Wildman–Crippen LogP) is 5.05. The van der Waals surface area contributed by atoms with Crippen molar-refractivity contribution in [1.29, 1.82) is 0 Å². The van der Waals surface area contributed by atoms with E-state index in [0.717, 1.165) is 36.4 Å². The summed E-state index contributed by atoms with van der Waals surface area (Å²) in [7, 11) is 0. The van der Waals surface area contributed by atoms with E-state index in [9.17, 15) is 4.79 Å². The molecular weight excluding hydrogens is 436 g/mol. The summed E-state index contributed by atoms with van der Waals surface area (Å²) in [6.45, 7) is 6.08. The smallest absolute Gasteiger partial charge is 0.228 e. The number of nitrogens with one attached hydrogen (secondary N) is 1. The van der Waals surface area contributed by atoms with Crippen LogP contribution in [-0.4, -0.2) is 50.3 Å². The molecule has 0 spiro atoms. The van der Waals surface area contributed by atoms with Gasteiger partial charge in [0.2, 0.25) is 5.91 Å². The topological polar surface area (TPSA) is 50.8 Å². The Balaban J connectivity index is 1.40. The highest BCUT2D eigenvalue weighted by molar-refractivity contribution is 5.82. The Hall–Kier alpha value is -3.15. The number of amides is 1. The minimum absolute atomic E-state index is 0.0374. The number of rotatable bonds is 7. The van der Waals surface area contributed by atoms with E-state index in [1.165, 1.54) is 11.1 Å². The van der Waals surface area contributed by atoms with E-state index >= 15 is 0 Å². The molecule has 182 valence electrons. The lowest BCUT2D eigenvalue weighted by Crippen LogP contribution is -2.47. The first-order valence-electron chi connectivity index (χ1n) is 12.7. The Morgan fingerprint density at radius 1 is 1.00 bits per heavy atom. The summed E-state index contributed by atoms with van der Waals surface area (Å²) in [6, 6.07) is 27.0. The van der Waals surface area contributed by atoms with Gasteiger partial charge in [0.25, 0.3) is 0 Å². The SMILES string of the molecule is CCCOc1ccc(-c2ccccc2[C@@H]2CNCC2C(=O)N2CCOC[C@@H]2c2ccccc2)cc1. The number of hydrogen-bond acceptors (Lipinski definition) is 4. The molecule has 2 heterocycles. The third-order valence-corrected chi connectivity index (χ3v) is 7.13. The Kier molecular flexibility index (Phi) is 7.45. The van der Waals surface area contributed by atoms with Crippen molar-refractivity contribution >= 4 is 5.91 Å². The average Bonchev–Trinajstić information content (AvgIpc) is 3.42. The normalized spacial score (nSPS) is 22.2. The van der Waals surface area contributed by atoms with Crippen molar-refractivity contribution in [2.24, 2.45) is 5.92 Å². The van der Waals surface area contributed by atoms with Crippen molar-refractivity contribution in [1.82, 2.24) is 10.2 Å². The first-order valence-corrected chi connectivity index (χ1v) is 12.7. The van der Waals surface area contributed by atoms with Crippen LogP contribution >= 0.6 is 0 Å². The lowest BCUT2D eigenvalue weighted by Gasteiger charge is -2.38. The van der Waals surface area contributed by atoms with Crippen LogP contribution in [0.15, 0.2) is 78.9 Å². The molecule has 2 saturated heterocycles. The van der Waals surface area contributed by atoms with Crippen molar-refractivity contribution in [3.8, 4) is 16.9 Å². The van der Waals surface area contributed by atoms with E-state index in [2.05, 4.69) is 60.8 Å². The van der Waals surface area contributed by atoms with Gasteiger partial charge in [0.15, 0.2) is 0 Å². The van der Waals surface area contributed by atoms with Crippen LogP contribution in [0, 0.1) is 5.92 Å². The van der Waals surface area contributed by atoms with Gasteiger partial charge in [-0.25, -0.2) is 0 Å². The van der Waals surface area contributed by atoms with E-state index in [1.54, 1.807) is 0 Å². The number of carbonyl (C=O) groups is 1. The molecule has 1 N–H and O–H groups in total. The molecule has 35 heavy (non-hydrogen) atoms. The Morgan fingerprint density at radius 3 is 2.57 bits per heavy atom. The Bertz CT molecular complexity index is 1120. The molecule has 1 unspecified atom stereocenters. The molecule has 2 fully saturated rings. The summed E-state index contributed by atoms with van der Waals surface area (Å²) in [5.74, 6) is 1.12. The summed E-state index contributed by atoms with van der Waals surface area (Å²) < 4.78 is 11.6. The van der Waals surface area contributed by atoms with Crippen LogP contribution in [0.4, 0.5) is 0 Å². The lowest BCUT2D eigenvalue weighted by molar-refractivity contribution is -0.144. The molecule has 0 aromatic heterocycles. The first kappa shape index (κ1) is 23.6. The molecule has 0 radical (unpaired) electrons. The highest BCUT2D eigenvalue weighted by atomic mass is 16.5. The summed E-state index contributed by atoms with van der Waals surface area (Å²) in [5.41, 5.74) is 4.69. The Labute approximate surface area is 208 Å². The minimum Gasteiger partial charge on any atom is -0.494 e. The van der Waals surface area contributed by atoms with Gasteiger partial charge in [0.1, 0.15) is 5.75 Å². The molecular formula is C30H34N2O3. The third kappa shape index (κ3) is 5.12. The number of ether oxygens (including phenoxy) is 2. The van der Waals surface area contributed by atoms with Gasteiger partial charge in [-0.05, 0) is 40.8 Å². The second kappa shape index (κ2) is 11.1. The highest BCUT2D eigenvalue weighted by Gasteiger charge is 2.40. The zero-order chi connectivity index (χ0) is 24.0. The van der Waals surface area contributed by atoms with Crippen LogP contribution in [0.1, 0.15) is 36.4 Å². The van der Waals surface area contributed by atoms with Gasteiger partial charge in [-0.1, -0.05) is 73.7 Å². The van der Waals surface area contributed by atoms with E-state index in [1.807, 2.05) is 35.2 Å². The van der Waals surface area contributed by atoms with Crippen LogP contribution in [0.3, 0.4) is 0 Å². The van der Waals surface area contributed by atoms with Crippen molar-refractivity contribution in [3.05, 3.63) is 90.0 Å². The van der Waals surface area contributed by atoms with Crippen LogP contribution in [0.25, 0.3) is 11.1 Å². The molecule has 0 saturated carbocycles. The minimum atomic E-state index is -0.104. The molecule has 2 aliphatic heterocycles. The fraction of sp³-hybridized carbons (Fsp3) is 0.367. The average molecular weight is 471 g/mol. The zero-order valence-electron chi connectivity index (χ0n) is 20.4. The largest absolute Gasteiger partial charge is 0.494 e. The van der Waals surface area contributed by atoms with Gasteiger partial charge < -0.3 is 19.7 Å². The number of morpholine rings is 1. The molecule has 5 heteroatoms. The number of nitrogens with zero attached hydrogens (tertiary/aromatic N) is 1. The first-order chi connectivity index (χ1) is 17.3. The second-order valence-corrected chi connectivity index (χ2v) is 9.36. The highest BCUT2D eigenvalue weighted by Crippen LogP contribution is 2.38. The molecule has 5 rings (SSSR count). The number of carbonyl (C=O) groups excluding carboxylic acids is 1.